The van der Waals surface area contributed by atoms with Crippen LogP contribution in [0.5, 0.6) is 5.75 Å². The topological polar surface area (TPSA) is 84.9 Å². The van der Waals surface area contributed by atoms with Crippen molar-refractivity contribution in [2.45, 2.75) is 51.9 Å². The van der Waals surface area contributed by atoms with E-state index in [0.717, 1.165) is 20.4 Å². The van der Waals surface area contributed by atoms with Gasteiger partial charge >= 0.3 is 12.1 Å². The van der Waals surface area contributed by atoms with E-state index in [2.05, 4.69) is 27.9 Å². The Morgan fingerprint density at radius 2 is 1.69 bits per heavy atom. The van der Waals surface area contributed by atoms with Crippen molar-refractivity contribution in [3.63, 3.8) is 0 Å². The molecule has 0 bridgehead atoms. The van der Waals surface area contributed by atoms with E-state index in [-0.39, 0.29) is 6.42 Å². The van der Waals surface area contributed by atoms with Gasteiger partial charge in [0.15, 0.2) is 0 Å². The van der Waals surface area contributed by atoms with Gasteiger partial charge in [0, 0.05) is 6.42 Å². The zero-order valence-electron chi connectivity index (χ0n) is 17.0. The molecule has 0 aliphatic carbocycles. The van der Waals surface area contributed by atoms with Crippen LogP contribution in [-0.4, -0.2) is 28.3 Å². The molecule has 2 aromatic rings. The van der Waals surface area contributed by atoms with Crippen LogP contribution in [0.3, 0.4) is 0 Å². The van der Waals surface area contributed by atoms with Gasteiger partial charge in [-0.25, -0.2) is 9.59 Å². The van der Waals surface area contributed by atoms with Gasteiger partial charge in [-0.3, -0.25) is 0 Å². The lowest BCUT2D eigenvalue weighted by Crippen LogP contribution is -2.54. The molecule has 0 radical (unpaired) electrons. The van der Waals surface area contributed by atoms with Gasteiger partial charge in [-0.2, -0.15) is 0 Å². The maximum absolute atomic E-state index is 12.1. The summed E-state index contributed by atoms with van der Waals surface area (Å²) in [7, 11) is 0. The Kier molecular flexibility index (Phi) is 7.51. The molecule has 0 unspecified atom stereocenters. The number of carboxylic acid groups (broad SMARTS) is 1. The van der Waals surface area contributed by atoms with Crippen LogP contribution in [0.15, 0.2) is 48.5 Å². The fraction of sp³-hybridized carbons (Fsp3) is 0.364. The minimum atomic E-state index is -1.50. The van der Waals surface area contributed by atoms with Crippen LogP contribution in [-0.2, 0) is 22.6 Å². The summed E-state index contributed by atoms with van der Waals surface area (Å²) in [5.74, 6) is -0.418. The number of carboxylic acids is 1. The molecule has 0 fully saturated rings. The SMILES string of the molecule is CC(C)(C)OC(=O)N[C@@](C)(Cc1ccc(OCc2ccccc2)c(I)c1)C(=O)O. The Morgan fingerprint density at radius 3 is 2.24 bits per heavy atom. The summed E-state index contributed by atoms with van der Waals surface area (Å²) in [6.07, 6.45) is -0.656. The molecule has 156 valence electrons. The Labute approximate surface area is 184 Å². The third-order valence-corrected chi connectivity index (χ3v) is 4.88. The largest absolute Gasteiger partial charge is 0.488 e. The first-order valence-corrected chi connectivity index (χ1v) is 10.3. The standard InChI is InChI=1S/C22H26INO5/c1-21(2,3)29-20(27)24-22(4,19(25)26)13-16-10-11-18(17(23)12-16)28-14-15-8-6-5-7-9-15/h5-12H,13-14H2,1-4H3,(H,24,27)(H,25,26)/t22-/m0/s1. The third kappa shape index (κ3) is 7.23. The molecule has 0 aliphatic heterocycles. The molecule has 2 rings (SSSR count). The van der Waals surface area contributed by atoms with Crippen molar-refractivity contribution in [1.29, 1.82) is 0 Å². The maximum Gasteiger partial charge on any atom is 0.408 e. The van der Waals surface area contributed by atoms with Gasteiger partial charge in [-0.1, -0.05) is 36.4 Å². The van der Waals surface area contributed by atoms with E-state index in [1.165, 1.54) is 6.92 Å². The van der Waals surface area contributed by atoms with Crippen molar-refractivity contribution >= 4 is 34.7 Å². The van der Waals surface area contributed by atoms with Gasteiger partial charge in [-0.05, 0) is 73.5 Å². The molecule has 0 saturated carbocycles. The van der Waals surface area contributed by atoms with E-state index in [0.29, 0.717) is 6.61 Å². The van der Waals surface area contributed by atoms with Gasteiger partial charge in [-0.15, -0.1) is 0 Å². The molecule has 2 aromatic carbocycles. The Hall–Kier alpha value is -2.29. The van der Waals surface area contributed by atoms with Gasteiger partial charge in [0.05, 0.1) is 3.57 Å². The molecule has 0 aliphatic rings. The van der Waals surface area contributed by atoms with E-state index in [4.69, 9.17) is 9.47 Å². The van der Waals surface area contributed by atoms with Gasteiger partial charge in [0.2, 0.25) is 0 Å². The highest BCUT2D eigenvalue weighted by Crippen LogP contribution is 2.25. The summed E-state index contributed by atoms with van der Waals surface area (Å²) in [6.45, 7) is 7.08. The van der Waals surface area contributed by atoms with Crippen LogP contribution in [0.25, 0.3) is 0 Å². The van der Waals surface area contributed by atoms with E-state index in [9.17, 15) is 14.7 Å². The average Bonchev–Trinajstić information content (AvgIpc) is 2.60. The maximum atomic E-state index is 12.1. The van der Waals surface area contributed by atoms with Crippen molar-refractivity contribution in [2.24, 2.45) is 0 Å². The number of benzene rings is 2. The van der Waals surface area contributed by atoms with Crippen molar-refractivity contribution in [3.05, 3.63) is 63.2 Å². The number of hydrogen-bond acceptors (Lipinski definition) is 4. The van der Waals surface area contributed by atoms with E-state index >= 15 is 0 Å². The number of nitrogens with one attached hydrogen (secondary N) is 1. The molecule has 6 nitrogen and oxygen atoms in total. The van der Waals surface area contributed by atoms with E-state index in [1.54, 1.807) is 26.8 Å². The van der Waals surface area contributed by atoms with Crippen molar-refractivity contribution in [1.82, 2.24) is 5.32 Å². The second-order valence-electron chi connectivity index (χ2n) is 7.98. The first kappa shape index (κ1) is 23.0. The number of ether oxygens (including phenoxy) is 2. The van der Waals surface area contributed by atoms with Crippen molar-refractivity contribution in [2.75, 3.05) is 0 Å². The molecule has 2 N–H and O–H groups in total. The highest BCUT2D eigenvalue weighted by atomic mass is 127. The lowest BCUT2D eigenvalue weighted by Gasteiger charge is -2.28. The van der Waals surface area contributed by atoms with Crippen molar-refractivity contribution < 1.29 is 24.2 Å². The average molecular weight is 511 g/mol. The molecular weight excluding hydrogens is 485 g/mol. The highest BCUT2D eigenvalue weighted by molar-refractivity contribution is 14.1. The lowest BCUT2D eigenvalue weighted by molar-refractivity contribution is -0.144. The van der Waals surface area contributed by atoms with Crippen LogP contribution in [0.2, 0.25) is 0 Å². The minimum absolute atomic E-state index is 0.108. The predicted molar refractivity (Wildman–Crippen MR) is 119 cm³/mol. The number of carbonyl (C=O) groups excluding carboxylic acids is 1. The molecule has 1 amide bonds. The molecule has 7 heteroatoms. The minimum Gasteiger partial charge on any atom is -0.488 e. The van der Waals surface area contributed by atoms with Crippen LogP contribution >= 0.6 is 22.6 Å². The summed E-state index contributed by atoms with van der Waals surface area (Å²) in [6, 6.07) is 15.3. The van der Waals surface area contributed by atoms with Crippen LogP contribution < -0.4 is 10.1 Å². The quantitative estimate of drug-likeness (QED) is 0.523. The highest BCUT2D eigenvalue weighted by Gasteiger charge is 2.36. The van der Waals surface area contributed by atoms with Gasteiger partial charge < -0.3 is 19.9 Å². The number of aliphatic carboxylic acids is 1. The number of alkyl carbamates (subject to hydrolysis) is 1. The Bertz CT molecular complexity index is 863. The number of rotatable bonds is 7. The molecular formula is C22H26INO5. The second-order valence-corrected chi connectivity index (χ2v) is 9.14. The normalized spacial score (nSPS) is 13.3. The van der Waals surface area contributed by atoms with E-state index in [1.807, 2.05) is 42.5 Å². The smallest absolute Gasteiger partial charge is 0.408 e. The molecule has 0 heterocycles. The van der Waals surface area contributed by atoms with Crippen LogP contribution in [0.1, 0.15) is 38.8 Å². The monoisotopic (exact) mass is 511 g/mol. The summed E-state index contributed by atoms with van der Waals surface area (Å²) in [5.41, 5.74) is -0.385. The molecule has 0 aromatic heterocycles. The third-order valence-electron chi connectivity index (χ3n) is 4.04. The Balaban J connectivity index is 2.08. The zero-order chi connectivity index (χ0) is 21.7. The van der Waals surface area contributed by atoms with Gasteiger partial charge in [0.25, 0.3) is 0 Å². The number of hydrogen-bond donors (Lipinski definition) is 2. The van der Waals surface area contributed by atoms with Crippen LogP contribution in [0.4, 0.5) is 4.79 Å². The van der Waals surface area contributed by atoms with Gasteiger partial charge in [0.1, 0.15) is 23.5 Å². The Morgan fingerprint density at radius 1 is 1.03 bits per heavy atom. The second kappa shape index (κ2) is 9.47. The van der Waals surface area contributed by atoms with Crippen molar-refractivity contribution in [3.8, 4) is 5.75 Å². The number of halogens is 1. The predicted octanol–water partition coefficient (Wildman–Crippen LogP) is 4.78. The summed E-state index contributed by atoms with van der Waals surface area (Å²) < 4.78 is 11.9. The number of carbonyl (C=O) groups is 2. The summed E-state index contributed by atoms with van der Waals surface area (Å²) in [5, 5.41) is 12.2. The van der Waals surface area contributed by atoms with E-state index < -0.39 is 23.2 Å². The molecule has 29 heavy (non-hydrogen) atoms. The fourth-order valence-electron chi connectivity index (χ4n) is 2.62. The first-order valence-electron chi connectivity index (χ1n) is 9.18. The summed E-state index contributed by atoms with van der Waals surface area (Å²) >= 11 is 2.16. The molecule has 0 saturated heterocycles. The molecule has 0 spiro atoms. The van der Waals surface area contributed by atoms with Crippen LogP contribution in [0, 0.1) is 3.57 Å². The summed E-state index contributed by atoms with van der Waals surface area (Å²) in [4.78, 5) is 23.9. The number of amides is 1. The first-order chi connectivity index (χ1) is 13.5. The lowest BCUT2D eigenvalue weighted by atomic mass is 9.93. The fourth-order valence-corrected chi connectivity index (χ4v) is 3.35. The zero-order valence-corrected chi connectivity index (χ0v) is 19.1. The molecule has 1 atom stereocenters.